The van der Waals surface area contributed by atoms with Crippen molar-refractivity contribution in [2.45, 2.75) is 62.7 Å². The molecule has 23 heavy (non-hydrogen) atoms. The van der Waals surface area contributed by atoms with Crippen LogP contribution in [0.25, 0.3) is 0 Å². The summed E-state index contributed by atoms with van der Waals surface area (Å²) < 4.78 is 33.7. The maximum Gasteiger partial charge on any atom is 0.214 e. The molecule has 1 saturated heterocycles. The van der Waals surface area contributed by atoms with Gasteiger partial charge in [0.2, 0.25) is 10.0 Å². The lowest BCUT2D eigenvalue weighted by atomic mass is 9.71. The summed E-state index contributed by atoms with van der Waals surface area (Å²) in [5.41, 5.74) is 2.55. The Hall–Kier alpha value is -0.910. The van der Waals surface area contributed by atoms with Crippen molar-refractivity contribution in [2.24, 2.45) is 0 Å². The van der Waals surface area contributed by atoms with E-state index in [0.717, 1.165) is 19.3 Å². The van der Waals surface area contributed by atoms with Gasteiger partial charge in [0.05, 0.1) is 11.4 Å². The highest BCUT2D eigenvalue weighted by atomic mass is 32.2. The second-order valence-electron chi connectivity index (χ2n) is 7.27. The van der Waals surface area contributed by atoms with Gasteiger partial charge >= 0.3 is 0 Å². The number of benzene rings is 1. The number of rotatable bonds is 4. The Kier molecular flexibility index (Phi) is 4.81. The van der Waals surface area contributed by atoms with Crippen LogP contribution in [-0.4, -0.2) is 32.9 Å². The van der Waals surface area contributed by atoms with Gasteiger partial charge in [-0.25, -0.2) is 13.1 Å². The predicted octanol–water partition coefficient (Wildman–Crippen LogP) is 2.77. The van der Waals surface area contributed by atoms with E-state index in [1.807, 2.05) is 6.92 Å². The molecule has 0 spiro atoms. The Morgan fingerprint density at radius 1 is 1.35 bits per heavy atom. The van der Waals surface area contributed by atoms with E-state index in [2.05, 4.69) is 35.9 Å². The number of ether oxygens (including phenoxy) is 1. The van der Waals surface area contributed by atoms with Crippen LogP contribution in [0.4, 0.5) is 0 Å². The van der Waals surface area contributed by atoms with Gasteiger partial charge in [-0.05, 0) is 50.2 Å². The molecule has 1 aliphatic heterocycles. The van der Waals surface area contributed by atoms with Crippen LogP contribution >= 0.6 is 0 Å². The molecule has 128 valence electrons. The number of nitrogens with one attached hydrogen (secondary N) is 1. The zero-order valence-corrected chi connectivity index (χ0v) is 14.9. The number of aryl methyl sites for hydroxylation is 1. The molecule has 1 aromatic rings. The van der Waals surface area contributed by atoms with Crippen LogP contribution in [-0.2, 0) is 26.6 Å². The predicted molar refractivity (Wildman–Crippen MR) is 92.1 cm³/mol. The van der Waals surface area contributed by atoms with Gasteiger partial charge in [0.1, 0.15) is 0 Å². The van der Waals surface area contributed by atoms with Crippen LogP contribution < -0.4 is 4.72 Å². The van der Waals surface area contributed by atoms with Crippen LogP contribution in [0.3, 0.4) is 0 Å². The van der Waals surface area contributed by atoms with Crippen molar-refractivity contribution < 1.29 is 13.2 Å². The normalized spacial score (nSPS) is 31.6. The van der Waals surface area contributed by atoms with Gasteiger partial charge in [-0.1, -0.05) is 31.2 Å². The number of sulfonamides is 1. The summed E-state index contributed by atoms with van der Waals surface area (Å²) in [4.78, 5) is 0. The van der Waals surface area contributed by atoms with Crippen molar-refractivity contribution in [1.82, 2.24) is 4.72 Å². The summed E-state index contributed by atoms with van der Waals surface area (Å²) in [5.74, 6) is 0. The third kappa shape index (κ3) is 3.62. The molecule has 0 amide bonds. The van der Waals surface area contributed by atoms with E-state index in [-0.39, 0.29) is 16.8 Å². The van der Waals surface area contributed by atoms with Crippen LogP contribution in [0.2, 0.25) is 0 Å². The van der Waals surface area contributed by atoms with Crippen LogP contribution in [0, 0.1) is 0 Å². The Balaban J connectivity index is 1.73. The molecular weight excluding hydrogens is 310 g/mol. The molecule has 2 aliphatic rings. The largest absolute Gasteiger partial charge is 0.378 e. The van der Waals surface area contributed by atoms with Crippen molar-refractivity contribution in [3.05, 3.63) is 35.4 Å². The highest BCUT2D eigenvalue weighted by molar-refractivity contribution is 7.90. The minimum Gasteiger partial charge on any atom is -0.378 e. The average molecular weight is 337 g/mol. The first kappa shape index (κ1) is 16.9. The molecule has 3 rings (SSSR count). The molecule has 4 nitrogen and oxygen atoms in total. The zero-order chi connectivity index (χ0) is 16.5. The topological polar surface area (TPSA) is 55.4 Å². The summed E-state index contributed by atoms with van der Waals surface area (Å²) in [6.07, 6.45) is 4.43. The maximum absolute atomic E-state index is 12.7. The molecule has 1 aliphatic carbocycles. The molecule has 1 heterocycles. The lowest BCUT2D eigenvalue weighted by Gasteiger charge is -2.37. The molecule has 0 radical (unpaired) electrons. The lowest BCUT2D eigenvalue weighted by Crippen LogP contribution is -2.46. The van der Waals surface area contributed by atoms with Crippen molar-refractivity contribution in [1.29, 1.82) is 0 Å². The molecule has 0 bridgehead atoms. The number of hydrogen-bond acceptors (Lipinski definition) is 3. The highest BCUT2D eigenvalue weighted by Gasteiger charge is 2.36. The fourth-order valence-corrected chi connectivity index (χ4v) is 5.62. The number of hydrogen-bond donors (Lipinski definition) is 1. The number of fused-ring (bicyclic) bond motifs is 1. The highest BCUT2D eigenvalue weighted by Crippen LogP contribution is 2.36. The van der Waals surface area contributed by atoms with E-state index >= 15 is 0 Å². The van der Waals surface area contributed by atoms with Crippen LogP contribution in [0.15, 0.2) is 24.3 Å². The van der Waals surface area contributed by atoms with E-state index in [1.165, 1.54) is 11.1 Å². The third-order valence-corrected chi connectivity index (χ3v) is 7.23. The van der Waals surface area contributed by atoms with Crippen molar-refractivity contribution >= 4 is 10.0 Å². The monoisotopic (exact) mass is 337 g/mol. The van der Waals surface area contributed by atoms with Crippen LogP contribution in [0.1, 0.15) is 50.7 Å². The minimum absolute atomic E-state index is 0.0244. The molecule has 1 aromatic carbocycles. The quantitative estimate of drug-likeness (QED) is 0.919. The second-order valence-corrected chi connectivity index (χ2v) is 9.31. The van der Waals surface area contributed by atoms with Gasteiger partial charge in [-0.3, -0.25) is 0 Å². The van der Waals surface area contributed by atoms with Crippen molar-refractivity contribution in [3.63, 3.8) is 0 Å². The standard InChI is InChI=1S/C18H27NO3S/c1-14-12-16(9-11-22-14)23(20,21)19-13-18(2)10-5-7-15-6-3-4-8-17(15)18/h3-4,6,8,14,16,19H,5,7,9-13H2,1-2H3. The van der Waals surface area contributed by atoms with Gasteiger partial charge in [-0.15, -0.1) is 0 Å². The van der Waals surface area contributed by atoms with E-state index in [0.29, 0.717) is 26.0 Å². The zero-order valence-electron chi connectivity index (χ0n) is 14.0. The smallest absolute Gasteiger partial charge is 0.214 e. The van der Waals surface area contributed by atoms with Crippen molar-refractivity contribution in [3.8, 4) is 0 Å². The Bertz CT molecular complexity index is 658. The SMILES string of the molecule is CC1CC(S(=O)(=O)NCC2(C)CCCc3ccccc32)CCO1. The summed E-state index contributed by atoms with van der Waals surface area (Å²) in [5, 5.41) is -0.325. The maximum atomic E-state index is 12.7. The first-order chi connectivity index (χ1) is 10.9. The molecular formula is C18H27NO3S. The minimum atomic E-state index is -3.29. The van der Waals surface area contributed by atoms with Crippen LogP contribution in [0.5, 0.6) is 0 Å². The van der Waals surface area contributed by atoms with Crippen molar-refractivity contribution in [2.75, 3.05) is 13.2 Å². The summed E-state index contributed by atoms with van der Waals surface area (Å²) in [6.45, 7) is 5.14. The first-order valence-corrected chi connectivity index (χ1v) is 10.1. The van der Waals surface area contributed by atoms with Gasteiger partial charge in [0, 0.05) is 18.6 Å². The molecule has 1 fully saturated rings. The Morgan fingerprint density at radius 3 is 2.91 bits per heavy atom. The molecule has 0 saturated carbocycles. The van der Waals surface area contributed by atoms with E-state index in [9.17, 15) is 8.42 Å². The summed E-state index contributed by atoms with van der Waals surface area (Å²) in [7, 11) is -3.29. The van der Waals surface area contributed by atoms with E-state index in [1.54, 1.807) is 0 Å². The fourth-order valence-electron chi connectivity index (χ4n) is 3.93. The third-order valence-electron chi connectivity index (χ3n) is 5.38. The lowest BCUT2D eigenvalue weighted by molar-refractivity contribution is 0.0299. The molecule has 3 atom stereocenters. The second kappa shape index (κ2) is 6.54. The van der Waals surface area contributed by atoms with E-state index in [4.69, 9.17) is 4.74 Å². The Labute approximate surface area is 139 Å². The average Bonchev–Trinajstić information content (AvgIpc) is 2.54. The summed E-state index contributed by atoms with van der Waals surface area (Å²) >= 11 is 0. The molecule has 0 aromatic heterocycles. The first-order valence-electron chi connectivity index (χ1n) is 8.59. The van der Waals surface area contributed by atoms with Gasteiger partial charge in [-0.2, -0.15) is 0 Å². The van der Waals surface area contributed by atoms with Gasteiger partial charge in [0.15, 0.2) is 0 Å². The molecule has 5 heteroatoms. The molecule has 3 unspecified atom stereocenters. The van der Waals surface area contributed by atoms with Gasteiger partial charge < -0.3 is 4.74 Å². The van der Waals surface area contributed by atoms with Gasteiger partial charge in [0.25, 0.3) is 0 Å². The molecule has 1 N–H and O–H groups in total. The fraction of sp³-hybridized carbons (Fsp3) is 0.667. The van der Waals surface area contributed by atoms with E-state index < -0.39 is 10.0 Å². The summed E-state index contributed by atoms with van der Waals surface area (Å²) in [6, 6.07) is 8.44. The Morgan fingerprint density at radius 2 is 2.13 bits per heavy atom.